The Bertz CT molecular complexity index is 281. The normalized spacial score (nSPS) is 14.3. The van der Waals surface area contributed by atoms with Crippen molar-refractivity contribution in [1.29, 1.82) is 0 Å². The fourth-order valence-corrected chi connectivity index (χ4v) is 1.06. The largest absolute Gasteiger partial charge is 0.264 e. The Balaban J connectivity index is 4.90. The molecular weight excluding hydrogens is 184 g/mol. The van der Waals surface area contributed by atoms with E-state index < -0.39 is 0 Å². The average molecular weight is 206 g/mol. The standard InChI is InChI=1S/C13H22N2/c1-7-12(10(3)4)15-9-13(11(5)6)14-8-2/h7-11H,1H2,2-6H3/b13-9-,14-8+,15-12+. The Morgan fingerprint density at radius 3 is 2.07 bits per heavy atom. The van der Waals surface area contributed by atoms with E-state index in [1.54, 1.807) is 12.3 Å². The SMILES string of the molecule is C=C\C(=N/C=C(\N=C\C)C(C)C)C(C)C. The van der Waals surface area contributed by atoms with Gasteiger partial charge in [0.15, 0.2) is 0 Å². The fraction of sp³-hybridized carbons (Fsp3) is 0.538. The average Bonchev–Trinajstić information content (AvgIpc) is 2.16. The predicted molar refractivity (Wildman–Crippen MR) is 69.6 cm³/mol. The molecule has 0 unspecified atom stereocenters. The molecule has 0 aliphatic heterocycles. The zero-order chi connectivity index (χ0) is 11.8. The molecule has 0 heterocycles. The highest BCUT2D eigenvalue weighted by Crippen LogP contribution is 2.11. The first-order chi connectivity index (χ1) is 7.02. The number of hydrogen-bond acceptors (Lipinski definition) is 2. The maximum Gasteiger partial charge on any atom is 0.0607 e. The second-order valence-corrected chi connectivity index (χ2v) is 4.01. The molecule has 84 valence electrons. The van der Waals surface area contributed by atoms with Gasteiger partial charge in [-0.25, -0.2) is 0 Å². The smallest absolute Gasteiger partial charge is 0.0607 e. The molecule has 0 bridgehead atoms. The van der Waals surface area contributed by atoms with Crippen molar-refractivity contribution in [1.82, 2.24) is 0 Å². The molecule has 0 atom stereocenters. The van der Waals surface area contributed by atoms with E-state index in [0.717, 1.165) is 11.4 Å². The molecule has 0 aromatic rings. The molecule has 0 spiro atoms. The summed E-state index contributed by atoms with van der Waals surface area (Å²) in [5.41, 5.74) is 2.00. The van der Waals surface area contributed by atoms with Gasteiger partial charge >= 0.3 is 0 Å². The predicted octanol–water partition coefficient (Wildman–Crippen LogP) is 3.86. The van der Waals surface area contributed by atoms with Crippen LogP contribution in [0.3, 0.4) is 0 Å². The van der Waals surface area contributed by atoms with Crippen LogP contribution in [0, 0.1) is 11.8 Å². The summed E-state index contributed by atoms with van der Waals surface area (Å²) < 4.78 is 0. The van der Waals surface area contributed by atoms with E-state index in [1.807, 2.05) is 13.1 Å². The van der Waals surface area contributed by atoms with Crippen molar-refractivity contribution in [3.63, 3.8) is 0 Å². The van der Waals surface area contributed by atoms with E-state index in [9.17, 15) is 0 Å². The van der Waals surface area contributed by atoms with Crippen LogP contribution in [0.5, 0.6) is 0 Å². The first kappa shape index (κ1) is 13.8. The summed E-state index contributed by atoms with van der Waals surface area (Å²) >= 11 is 0. The van der Waals surface area contributed by atoms with Crippen LogP contribution in [-0.4, -0.2) is 11.9 Å². The fourth-order valence-electron chi connectivity index (χ4n) is 1.06. The van der Waals surface area contributed by atoms with Crippen LogP contribution in [0.1, 0.15) is 34.6 Å². The second-order valence-electron chi connectivity index (χ2n) is 4.01. The third-order valence-electron chi connectivity index (χ3n) is 2.02. The quantitative estimate of drug-likeness (QED) is 0.610. The lowest BCUT2D eigenvalue weighted by Gasteiger charge is -2.05. The monoisotopic (exact) mass is 206 g/mol. The molecule has 0 fully saturated rings. The van der Waals surface area contributed by atoms with Crippen LogP contribution < -0.4 is 0 Å². The number of hydrogen-bond donors (Lipinski definition) is 0. The highest BCUT2D eigenvalue weighted by Gasteiger charge is 2.01. The molecule has 2 heteroatoms. The number of aliphatic imine (C=N–C) groups is 2. The summed E-state index contributed by atoms with van der Waals surface area (Å²) in [6, 6.07) is 0. The van der Waals surface area contributed by atoms with E-state index in [1.165, 1.54) is 0 Å². The van der Waals surface area contributed by atoms with Gasteiger partial charge in [-0.15, -0.1) is 0 Å². The number of allylic oxidation sites excluding steroid dienone is 2. The maximum atomic E-state index is 4.40. The molecule has 0 N–H and O–H groups in total. The van der Waals surface area contributed by atoms with Crippen molar-refractivity contribution in [2.45, 2.75) is 34.6 Å². The molecule has 0 saturated carbocycles. The molecule has 0 radical (unpaired) electrons. The molecule has 0 aliphatic carbocycles. The molecule has 0 rings (SSSR count). The summed E-state index contributed by atoms with van der Waals surface area (Å²) in [5.74, 6) is 0.793. The minimum atomic E-state index is 0.392. The second kappa shape index (κ2) is 7.16. The Hall–Kier alpha value is -1.18. The van der Waals surface area contributed by atoms with Gasteiger partial charge < -0.3 is 0 Å². The van der Waals surface area contributed by atoms with Crippen molar-refractivity contribution in [3.8, 4) is 0 Å². The highest BCUT2D eigenvalue weighted by molar-refractivity contribution is 5.96. The van der Waals surface area contributed by atoms with Gasteiger partial charge in [0.1, 0.15) is 0 Å². The molecule has 0 saturated heterocycles. The Labute approximate surface area is 93.5 Å². The lowest BCUT2D eigenvalue weighted by Crippen LogP contribution is -2.02. The summed E-state index contributed by atoms with van der Waals surface area (Å²) in [7, 11) is 0. The minimum absolute atomic E-state index is 0.392. The van der Waals surface area contributed by atoms with Crippen molar-refractivity contribution < 1.29 is 0 Å². The van der Waals surface area contributed by atoms with Crippen LogP contribution >= 0.6 is 0 Å². The van der Waals surface area contributed by atoms with Crippen LogP contribution in [0.25, 0.3) is 0 Å². The highest BCUT2D eigenvalue weighted by atomic mass is 14.8. The van der Waals surface area contributed by atoms with Gasteiger partial charge in [-0.2, -0.15) is 0 Å². The lowest BCUT2D eigenvalue weighted by molar-refractivity contribution is 0.755. The van der Waals surface area contributed by atoms with E-state index >= 15 is 0 Å². The van der Waals surface area contributed by atoms with E-state index in [0.29, 0.717) is 11.8 Å². The van der Waals surface area contributed by atoms with Gasteiger partial charge in [-0.05, 0) is 24.8 Å². The van der Waals surface area contributed by atoms with Crippen molar-refractivity contribution >= 4 is 11.9 Å². The molecule has 0 aromatic carbocycles. The number of nitrogens with zero attached hydrogens (tertiary/aromatic N) is 2. The summed E-state index contributed by atoms with van der Waals surface area (Å²) in [4.78, 5) is 8.69. The Morgan fingerprint density at radius 1 is 1.13 bits per heavy atom. The van der Waals surface area contributed by atoms with E-state index in [4.69, 9.17) is 0 Å². The van der Waals surface area contributed by atoms with Crippen molar-refractivity contribution in [2.24, 2.45) is 21.8 Å². The molecule has 15 heavy (non-hydrogen) atoms. The Kier molecular flexibility index (Phi) is 6.59. The van der Waals surface area contributed by atoms with Gasteiger partial charge in [0.2, 0.25) is 0 Å². The summed E-state index contributed by atoms with van der Waals surface area (Å²) in [6.07, 6.45) is 5.43. The zero-order valence-corrected chi connectivity index (χ0v) is 10.5. The minimum Gasteiger partial charge on any atom is -0.264 e. The first-order valence-corrected chi connectivity index (χ1v) is 5.41. The maximum absolute atomic E-state index is 4.40. The third-order valence-corrected chi connectivity index (χ3v) is 2.02. The Morgan fingerprint density at radius 2 is 1.73 bits per heavy atom. The first-order valence-electron chi connectivity index (χ1n) is 5.41. The molecule has 0 amide bonds. The van der Waals surface area contributed by atoms with Crippen molar-refractivity contribution in [2.75, 3.05) is 0 Å². The van der Waals surface area contributed by atoms with E-state index in [2.05, 4.69) is 44.3 Å². The topological polar surface area (TPSA) is 24.7 Å². The molecule has 2 nitrogen and oxygen atoms in total. The third kappa shape index (κ3) is 5.31. The molecule has 0 aromatic heterocycles. The van der Waals surface area contributed by atoms with E-state index in [-0.39, 0.29) is 0 Å². The van der Waals surface area contributed by atoms with Gasteiger partial charge in [-0.1, -0.05) is 34.3 Å². The zero-order valence-electron chi connectivity index (χ0n) is 10.5. The van der Waals surface area contributed by atoms with Gasteiger partial charge in [0.05, 0.1) is 5.70 Å². The van der Waals surface area contributed by atoms with Gasteiger partial charge in [-0.3, -0.25) is 9.98 Å². The van der Waals surface area contributed by atoms with Crippen molar-refractivity contribution in [3.05, 3.63) is 24.6 Å². The molecule has 0 aliphatic rings. The van der Waals surface area contributed by atoms with Crippen LogP contribution in [0.4, 0.5) is 0 Å². The van der Waals surface area contributed by atoms with Gasteiger partial charge in [0.25, 0.3) is 0 Å². The summed E-state index contributed by atoms with van der Waals surface area (Å²) in [5, 5.41) is 0. The van der Waals surface area contributed by atoms with Crippen LogP contribution in [0.15, 0.2) is 34.5 Å². The van der Waals surface area contributed by atoms with Crippen LogP contribution in [0.2, 0.25) is 0 Å². The summed E-state index contributed by atoms with van der Waals surface area (Å²) in [6.45, 7) is 14.1. The van der Waals surface area contributed by atoms with Crippen LogP contribution in [-0.2, 0) is 0 Å². The molecular formula is C13H22N2. The lowest BCUT2D eigenvalue weighted by atomic mass is 10.1. The van der Waals surface area contributed by atoms with Gasteiger partial charge in [0, 0.05) is 18.1 Å². The number of rotatable bonds is 5.